The molecule has 1 heterocycles. The molecule has 34 heavy (non-hydrogen) atoms. The van der Waals surface area contributed by atoms with E-state index in [0.717, 1.165) is 39.6 Å². The molecule has 0 aliphatic rings. The van der Waals surface area contributed by atoms with Gasteiger partial charge in [-0.1, -0.05) is 68.8 Å². The van der Waals surface area contributed by atoms with Crippen molar-refractivity contribution in [1.29, 1.82) is 0 Å². The number of halogens is 1. The predicted molar refractivity (Wildman–Crippen MR) is 141 cm³/mol. The summed E-state index contributed by atoms with van der Waals surface area (Å²) in [6.07, 6.45) is 0.778. The number of hydrazine groups is 1. The van der Waals surface area contributed by atoms with Crippen LogP contribution in [-0.4, -0.2) is 16.8 Å². The Bertz CT molecular complexity index is 1200. The third-order valence-corrected chi connectivity index (χ3v) is 5.71. The summed E-state index contributed by atoms with van der Waals surface area (Å²) in [5, 5.41) is 9.29. The van der Waals surface area contributed by atoms with Gasteiger partial charge in [0.2, 0.25) is 5.88 Å². The smallest absolute Gasteiger partial charge is 0.233 e. The van der Waals surface area contributed by atoms with Gasteiger partial charge in [0.15, 0.2) is 0 Å². The molecule has 0 radical (unpaired) electrons. The number of hydrogen-bond donors (Lipinski definition) is 2. The van der Waals surface area contributed by atoms with Crippen molar-refractivity contribution < 1.29 is 4.74 Å². The van der Waals surface area contributed by atoms with Crippen LogP contribution in [0.15, 0.2) is 84.9 Å². The maximum Gasteiger partial charge on any atom is 0.233 e. The minimum atomic E-state index is 0.138. The molecule has 0 spiro atoms. The Morgan fingerprint density at radius 2 is 1.53 bits per heavy atom. The molecule has 0 aliphatic heterocycles. The third-order valence-electron chi connectivity index (χ3n) is 5.45. The number of nitrogens with one attached hydrogen (secondary N) is 2. The zero-order valence-corrected chi connectivity index (χ0v) is 20.4. The average molecular weight is 473 g/mol. The molecule has 4 rings (SSSR count). The van der Waals surface area contributed by atoms with Crippen LogP contribution in [0.3, 0.4) is 0 Å². The predicted octanol–water partition coefficient (Wildman–Crippen LogP) is 7.16. The first-order valence-corrected chi connectivity index (χ1v) is 11.7. The summed E-state index contributed by atoms with van der Waals surface area (Å²) < 4.78 is 5.74. The van der Waals surface area contributed by atoms with Gasteiger partial charge in [0.05, 0.1) is 23.7 Å². The highest BCUT2D eigenvalue weighted by molar-refractivity contribution is 6.30. The van der Waals surface area contributed by atoms with Gasteiger partial charge in [-0.25, -0.2) is 0 Å². The fraction of sp³-hybridized carbons (Fsp3) is 0.214. The number of rotatable bonds is 8. The van der Waals surface area contributed by atoms with Crippen molar-refractivity contribution in [3.8, 4) is 17.1 Å². The quantitative estimate of drug-likeness (QED) is 0.266. The van der Waals surface area contributed by atoms with Crippen molar-refractivity contribution in [3.05, 3.63) is 101 Å². The highest BCUT2D eigenvalue weighted by Gasteiger charge is 2.12. The van der Waals surface area contributed by atoms with Gasteiger partial charge in [-0.05, 0) is 59.0 Å². The molecule has 3 aromatic carbocycles. The zero-order valence-electron chi connectivity index (χ0n) is 19.7. The molecule has 0 unspecified atom stereocenters. The second-order valence-corrected chi connectivity index (χ2v) is 9.58. The molecule has 6 heteroatoms. The summed E-state index contributed by atoms with van der Waals surface area (Å²) in [4.78, 5) is 0. The van der Waals surface area contributed by atoms with Crippen molar-refractivity contribution >= 4 is 23.0 Å². The number of benzene rings is 3. The van der Waals surface area contributed by atoms with E-state index < -0.39 is 0 Å². The van der Waals surface area contributed by atoms with E-state index in [1.54, 1.807) is 0 Å². The molecule has 1 aromatic heterocycles. The lowest BCUT2D eigenvalue weighted by Gasteiger charge is -2.19. The van der Waals surface area contributed by atoms with Gasteiger partial charge in [0, 0.05) is 23.1 Å². The maximum absolute atomic E-state index is 5.92. The van der Waals surface area contributed by atoms with Crippen molar-refractivity contribution in [2.45, 2.75) is 32.6 Å². The first-order valence-electron chi connectivity index (χ1n) is 11.3. The summed E-state index contributed by atoms with van der Waals surface area (Å²) in [6, 6.07) is 28.0. The van der Waals surface area contributed by atoms with Crippen LogP contribution in [-0.2, 0) is 11.8 Å². The molecule has 5 nitrogen and oxygen atoms in total. The van der Waals surface area contributed by atoms with Crippen LogP contribution < -0.4 is 15.6 Å². The van der Waals surface area contributed by atoms with Crippen LogP contribution in [0.5, 0.6) is 5.88 Å². The molecule has 0 saturated heterocycles. The van der Waals surface area contributed by atoms with Crippen LogP contribution >= 0.6 is 11.6 Å². The van der Waals surface area contributed by atoms with Crippen LogP contribution in [0.2, 0.25) is 5.02 Å². The van der Waals surface area contributed by atoms with Crippen molar-refractivity contribution in [2.24, 2.45) is 0 Å². The summed E-state index contributed by atoms with van der Waals surface area (Å²) in [5.74, 6) is 0.507. The fourth-order valence-electron chi connectivity index (χ4n) is 3.43. The Morgan fingerprint density at radius 1 is 0.794 bits per heavy atom. The lowest BCUT2D eigenvalue weighted by molar-refractivity contribution is 0.306. The van der Waals surface area contributed by atoms with Gasteiger partial charge in [0.1, 0.15) is 0 Å². The highest BCUT2D eigenvalue weighted by atomic mass is 35.5. The first kappa shape index (κ1) is 23.6. The molecule has 0 aliphatic carbocycles. The standard InChI is InChI=1S/C28H29ClN4O/c1-28(2,3)22-9-13-24(14-10-22)30-31-25-6-4-5-21(19-25)26-15-16-27(33-32-26)34-18-17-20-7-11-23(29)12-8-20/h4-16,19,30-31H,17-18H2,1-3H3. The SMILES string of the molecule is CC(C)(C)c1ccc(NNc2cccc(-c3ccc(OCCc4ccc(Cl)cc4)nn3)c2)cc1. The molecule has 174 valence electrons. The molecule has 0 fully saturated rings. The monoisotopic (exact) mass is 472 g/mol. The Hall–Kier alpha value is -3.57. The number of aromatic nitrogens is 2. The summed E-state index contributed by atoms with van der Waals surface area (Å²) in [5.41, 5.74) is 12.8. The zero-order chi connectivity index (χ0) is 24.0. The van der Waals surface area contributed by atoms with E-state index in [-0.39, 0.29) is 5.41 Å². The number of hydrogen-bond acceptors (Lipinski definition) is 5. The van der Waals surface area contributed by atoms with Crippen LogP contribution in [0.25, 0.3) is 11.3 Å². The topological polar surface area (TPSA) is 59.1 Å². The van der Waals surface area contributed by atoms with Gasteiger partial charge in [-0.2, -0.15) is 0 Å². The highest BCUT2D eigenvalue weighted by Crippen LogP contribution is 2.24. The minimum Gasteiger partial charge on any atom is -0.476 e. The Kier molecular flexibility index (Phi) is 7.33. The van der Waals surface area contributed by atoms with Crippen molar-refractivity contribution in [3.63, 3.8) is 0 Å². The van der Waals surface area contributed by atoms with E-state index in [2.05, 4.69) is 66.1 Å². The molecule has 0 saturated carbocycles. The van der Waals surface area contributed by atoms with Crippen molar-refractivity contribution in [1.82, 2.24) is 10.2 Å². The molecular weight excluding hydrogens is 444 g/mol. The summed E-state index contributed by atoms with van der Waals surface area (Å²) in [7, 11) is 0. The van der Waals surface area contributed by atoms with Crippen LogP contribution in [0.1, 0.15) is 31.9 Å². The van der Waals surface area contributed by atoms with E-state index in [0.29, 0.717) is 12.5 Å². The van der Waals surface area contributed by atoms with E-state index in [1.165, 1.54) is 5.56 Å². The minimum absolute atomic E-state index is 0.138. The van der Waals surface area contributed by atoms with Gasteiger partial charge in [0.25, 0.3) is 0 Å². The third kappa shape index (κ3) is 6.49. The van der Waals surface area contributed by atoms with Crippen LogP contribution in [0.4, 0.5) is 11.4 Å². The Morgan fingerprint density at radius 3 is 2.21 bits per heavy atom. The molecule has 4 aromatic rings. The first-order chi connectivity index (χ1) is 16.4. The number of anilines is 2. The van der Waals surface area contributed by atoms with Gasteiger partial charge in [-0.3, -0.25) is 0 Å². The van der Waals surface area contributed by atoms with Crippen LogP contribution in [0, 0.1) is 0 Å². The summed E-state index contributed by atoms with van der Waals surface area (Å²) in [6.45, 7) is 7.16. The molecule has 2 N–H and O–H groups in total. The molecule has 0 amide bonds. The van der Waals surface area contributed by atoms with E-state index in [9.17, 15) is 0 Å². The molecular formula is C28H29ClN4O. The summed E-state index contributed by atoms with van der Waals surface area (Å²) >= 11 is 5.92. The second kappa shape index (κ2) is 10.6. The van der Waals surface area contributed by atoms with Gasteiger partial charge >= 0.3 is 0 Å². The normalized spacial score (nSPS) is 11.2. The Balaban J connectivity index is 1.32. The largest absolute Gasteiger partial charge is 0.476 e. The Labute approximate surface area is 206 Å². The average Bonchev–Trinajstić information content (AvgIpc) is 2.84. The number of ether oxygens (including phenoxy) is 1. The number of nitrogens with zero attached hydrogens (tertiary/aromatic N) is 2. The maximum atomic E-state index is 5.92. The van der Waals surface area contributed by atoms with Gasteiger partial charge in [-0.15, -0.1) is 10.2 Å². The molecule has 0 bridgehead atoms. The van der Waals surface area contributed by atoms with E-state index >= 15 is 0 Å². The lowest BCUT2D eigenvalue weighted by Crippen LogP contribution is -2.12. The van der Waals surface area contributed by atoms with E-state index in [4.69, 9.17) is 16.3 Å². The second-order valence-electron chi connectivity index (χ2n) is 9.14. The van der Waals surface area contributed by atoms with E-state index in [1.807, 2.05) is 60.7 Å². The fourth-order valence-corrected chi connectivity index (χ4v) is 3.56. The van der Waals surface area contributed by atoms with Crippen molar-refractivity contribution in [2.75, 3.05) is 17.5 Å². The molecule has 0 atom stereocenters. The lowest BCUT2D eigenvalue weighted by atomic mass is 9.87. The van der Waals surface area contributed by atoms with Gasteiger partial charge < -0.3 is 15.6 Å².